The number of benzene rings is 1. The van der Waals surface area contributed by atoms with E-state index in [0.717, 1.165) is 36.7 Å². The van der Waals surface area contributed by atoms with Crippen LogP contribution in [-0.2, 0) is 0 Å². The van der Waals surface area contributed by atoms with Crippen LogP contribution in [0, 0.1) is 0 Å². The molecule has 0 atom stereocenters. The number of aromatic nitrogens is 3. The summed E-state index contributed by atoms with van der Waals surface area (Å²) in [6, 6.07) is 10.4. The molecular weight excluding hydrogens is 364 g/mol. The third-order valence-corrected chi connectivity index (χ3v) is 6.39. The first-order valence-corrected chi connectivity index (χ1v) is 10.0. The molecule has 3 aromatic heterocycles. The Labute approximate surface area is 160 Å². The van der Waals surface area contributed by atoms with E-state index in [2.05, 4.69) is 16.4 Å². The number of thiophene rings is 1. The molecule has 4 aromatic rings. The molecule has 0 amide bonds. The Morgan fingerprint density at radius 1 is 1.04 bits per heavy atom. The lowest BCUT2D eigenvalue weighted by atomic mass is 10.2. The molecule has 1 aromatic carbocycles. The summed E-state index contributed by atoms with van der Waals surface area (Å²) >= 11 is 8.22. The van der Waals surface area contributed by atoms with Crippen molar-refractivity contribution in [3.8, 4) is 11.4 Å². The zero-order chi connectivity index (χ0) is 17.5. The largest absolute Gasteiger partial charge is 0.366 e. The molecule has 1 N–H and O–H groups in total. The van der Waals surface area contributed by atoms with Gasteiger partial charge in [-0.05, 0) is 37.1 Å². The van der Waals surface area contributed by atoms with Crippen LogP contribution in [0.15, 0.2) is 42.7 Å². The van der Waals surface area contributed by atoms with Crippen molar-refractivity contribution in [2.75, 3.05) is 5.32 Å². The number of anilines is 1. The van der Waals surface area contributed by atoms with Gasteiger partial charge in [-0.15, -0.1) is 11.3 Å². The highest BCUT2D eigenvalue weighted by atomic mass is 35.5. The quantitative estimate of drug-likeness (QED) is 0.479. The molecule has 4 nitrogen and oxygen atoms in total. The van der Waals surface area contributed by atoms with E-state index in [1.54, 1.807) is 23.7 Å². The van der Waals surface area contributed by atoms with Crippen LogP contribution in [-0.4, -0.2) is 21.0 Å². The Balaban J connectivity index is 1.77. The van der Waals surface area contributed by atoms with Gasteiger partial charge in [0, 0.05) is 34.1 Å². The van der Waals surface area contributed by atoms with E-state index in [4.69, 9.17) is 21.6 Å². The Morgan fingerprint density at radius 3 is 2.65 bits per heavy atom. The molecule has 0 unspecified atom stereocenters. The smallest absolute Gasteiger partial charge is 0.162 e. The van der Waals surface area contributed by atoms with Crippen molar-refractivity contribution >= 4 is 49.1 Å². The van der Waals surface area contributed by atoms with Gasteiger partial charge in [0.15, 0.2) is 5.82 Å². The van der Waals surface area contributed by atoms with E-state index in [1.807, 2.05) is 24.3 Å². The van der Waals surface area contributed by atoms with Crippen molar-refractivity contribution in [3.63, 3.8) is 0 Å². The number of nitrogens with zero attached hydrogens (tertiary/aromatic N) is 3. The van der Waals surface area contributed by atoms with Gasteiger partial charge < -0.3 is 5.32 Å². The van der Waals surface area contributed by atoms with Crippen molar-refractivity contribution in [2.45, 2.75) is 31.7 Å². The second-order valence-electron chi connectivity index (χ2n) is 6.65. The third-order valence-electron chi connectivity index (χ3n) is 4.92. The van der Waals surface area contributed by atoms with Gasteiger partial charge in [-0.1, -0.05) is 30.5 Å². The van der Waals surface area contributed by atoms with Crippen LogP contribution in [0.2, 0.25) is 5.02 Å². The maximum absolute atomic E-state index is 6.51. The molecule has 0 saturated heterocycles. The first-order chi connectivity index (χ1) is 12.8. The fourth-order valence-corrected chi connectivity index (χ4v) is 5.08. The summed E-state index contributed by atoms with van der Waals surface area (Å²) in [5, 5.41) is 5.43. The lowest BCUT2D eigenvalue weighted by Crippen LogP contribution is -2.16. The molecule has 26 heavy (non-hydrogen) atoms. The summed E-state index contributed by atoms with van der Waals surface area (Å²) in [6.45, 7) is 0. The molecule has 3 heterocycles. The molecule has 1 aliphatic carbocycles. The van der Waals surface area contributed by atoms with Gasteiger partial charge in [-0.2, -0.15) is 0 Å². The zero-order valence-corrected chi connectivity index (χ0v) is 15.6. The molecule has 1 saturated carbocycles. The summed E-state index contributed by atoms with van der Waals surface area (Å²) in [4.78, 5) is 13.9. The van der Waals surface area contributed by atoms with Gasteiger partial charge in [0.25, 0.3) is 0 Å². The van der Waals surface area contributed by atoms with Crippen LogP contribution in [0.25, 0.3) is 31.7 Å². The topological polar surface area (TPSA) is 50.7 Å². The number of hydrogen-bond acceptors (Lipinski definition) is 5. The Hall–Kier alpha value is -2.24. The standard InChI is InChI=1S/C20H17ClN4S/c21-14-6-3-7-15-16(14)17-18(26-15)20(23-13-4-1-2-5-13)25-19(24-17)12-8-10-22-11-9-12/h3,6-11,13H,1-2,4-5H2,(H,23,24,25). The van der Waals surface area contributed by atoms with Crippen molar-refractivity contribution in [3.05, 3.63) is 47.7 Å². The molecular formula is C20H17ClN4S. The Bertz CT molecular complexity index is 1090. The Kier molecular flexibility index (Phi) is 3.98. The van der Waals surface area contributed by atoms with Crippen molar-refractivity contribution in [1.29, 1.82) is 0 Å². The normalized spacial score (nSPS) is 15.1. The molecule has 5 rings (SSSR count). The van der Waals surface area contributed by atoms with Crippen LogP contribution >= 0.6 is 22.9 Å². The van der Waals surface area contributed by atoms with Gasteiger partial charge in [-0.3, -0.25) is 4.98 Å². The van der Waals surface area contributed by atoms with Crippen molar-refractivity contribution in [2.24, 2.45) is 0 Å². The SMILES string of the molecule is Clc1cccc2sc3c(NC4CCCC4)nc(-c4ccncc4)nc3c12. The number of rotatable bonds is 3. The summed E-state index contributed by atoms with van der Waals surface area (Å²) in [5.41, 5.74) is 1.89. The highest BCUT2D eigenvalue weighted by Crippen LogP contribution is 2.41. The second-order valence-corrected chi connectivity index (χ2v) is 8.11. The molecule has 130 valence electrons. The summed E-state index contributed by atoms with van der Waals surface area (Å²) in [5.74, 6) is 1.63. The highest BCUT2D eigenvalue weighted by Gasteiger charge is 2.20. The minimum atomic E-state index is 0.485. The predicted molar refractivity (Wildman–Crippen MR) is 109 cm³/mol. The van der Waals surface area contributed by atoms with Gasteiger partial charge in [0.05, 0.1) is 15.2 Å². The van der Waals surface area contributed by atoms with Crippen LogP contribution in [0.3, 0.4) is 0 Å². The van der Waals surface area contributed by atoms with Crippen LogP contribution in [0.1, 0.15) is 25.7 Å². The van der Waals surface area contributed by atoms with Gasteiger partial charge in [0.2, 0.25) is 0 Å². The predicted octanol–water partition coefficient (Wildman–Crippen LogP) is 5.91. The van der Waals surface area contributed by atoms with Crippen molar-refractivity contribution in [1.82, 2.24) is 15.0 Å². The van der Waals surface area contributed by atoms with E-state index in [0.29, 0.717) is 11.9 Å². The Morgan fingerprint density at radius 2 is 1.85 bits per heavy atom. The fraction of sp³-hybridized carbons (Fsp3) is 0.250. The van der Waals surface area contributed by atoms with Crippen LogP contribution in [0.5, 0.6) is 0 Å². The first kappa shape index (κ1) is 16.0. The van der Waals surface area contributed by atoms with E-state index in [1.165, 1.54) is 25.7 Å². The minimum Gasteiger partial charge on any atom is -0.366 e. The van der Waals surface area contributed by atoms with E-state index in [-0.39, 0.29) is 0 Å². The number of nitrogens with one attached hydrogen (secondary N) is 1. The third kappa shape index (κ3) is 2.72. The first-order valence-electron chi connectivity index (χ1n) is 8.85. The molecule has 0 radical (unpaired) electrons. The maximum atomic E-state index is 6.51. The average Bonchev–Trinajstić information content (AvgIpc) is 3.30. The monoisotopic (exact) mass is 380 g/mol. The minimum absolute atomic E-state index is 0.485. The van der Waals surface area contributed by atoms with E-state index >= 15 is 0 Å². The molecule has 1 fully saturated rings. The molecule has 0 spiro atoms. The molecule has 0 bridgehead atoms. The molecule has 6 heteroatoms. The molecule has 1 aliphatic rings. The number of pyridine rings is 1. The maximum Gasteiger partial charge on any atom is 0.162 e. The van der Waals surface area contributed by atoms with E-state index < -0.39 is 0 Å². The lowest BCUT2D eigenvalue weighted by Gasteiger charge is -2.14. The average molecular weight is 381 g/mol. The summed E-state index contributed by atoms with van der Waals surface area (Å²) in [7, 11) is 0. The number of halogens is 1. The van der Waals surface area contributed by atoms with Crippen molar-refractivity contribution < 1.29 is 0 Å². The van der Waals surface area contributed by atoms with Crippen LogP contribution in [0.4, 0.5) is 5.82 Å². The number of hydrogen-bond donors (Lipinski definition) is 1. The van der Waals surface area contributed by atoms with Gasteiger partial charge >= 0.3 is 0 Å². The molecule has 0 aliphatic heterocycles. The fourth-order valence-electron chi connectivity index (χ4n) is 3.64. The van der Waals surface area contributed by atoms with Gasteiger partial charge in [0.1, 0.15) is 5.82 Å². The zero-order valence-electron chi connectivity index (χ0n) is 14.1. The van der Waals surface area contributed by atoms with E-state index in [9.17, 15) is 0 Å². The summed E-state index contributed by atoms with van der Waals surface area (Å²) < 4.78 is 2.22. The van der Waals surface area contributed by atoms with Crippen LogP contribution < -0.4 is 5.32 Å². The second kappa shape index (κ2) is 6.49. The number of fused-ring (bicyclic) bond motifs is 3. The lowest BCUT2D eigenvalue weighted by molar-refractivity contribution is 0.752. The summed E-state index contributed by atoms with van der Waals surface area (Å²) in [6.07, 6.45) is 8.49. The van der Waals surface area contributed by atoms with Gasteiger partial charge in [-0.25, -0.2) is 9.97 Å². The highest BCUT2D eigenvalue weighted by molar-refractivity contribution is 7.26.